The molecule has 24 heavy (non-hydrogen) atoms. The summed E-state index contributed by atoms with van der Waals surface area (Å²) in [4.78, 5) is 25.3. The summed E-state index contributed by atoms with van der Waals surface area (Å²) in [5.41, 5.74) is 0. The predicted octanol–water partition coefficient (Wildman–Crippen LogP) is -0.0202. The van der Waals surface area contributed by atoms with Gasteiger partial charge in [-0.3, -0.25) is 14.7 Å². The Morgan fingerprint density at radius 3 is 2.29 bits per heavy atom. The molecule has 1 atom stereocenters. The average molecular weight is 452 g/mol. The molecule has 2 aliphatic rings. The molecule has 2 fully saturated rings. The molecule has 0 aliphatic carbocycles. The second-order valence-electron chi connectivity index (χ2n) is 6.58. The van der Waals surface area contributed by atoms with Crippen molar-refractivity contribution in [1.29, 1.82) is 0 Å². The number of halogens is 1. The van der Waals surface area contributed by atoms with Crippen LogP contribution in [0.2, 0.25) is 0 Å². The van der Waals surface area contributed by atoms with Crippen molar-refractivity contribution in [3.8, 4) is 0 Å². The van der Waals surface area contributed by atoms with Crippen molar-refractivity contribution in [2.75, 3.05) is 73.0 Å². The zero-order valence-corrected chi connectivity index (χ0v) is 17.8. The summed E-state index contributed by atoms with van der Waals surface area (Å²) in [6.45, 7) is 12.0. The maximum atomic E-state index is 11.5. The summed E-state index contributed by atoms with van der Waals surface area (Å²) in [6, 6.07) is 0.473. The van der Waals surface area contributed by atoms with Crippen LogP contribution in [0.5, 0.6) is 0 Å². The number of piperazine rings is 2. The summed E-state index contributed by atoms with van der Waals surface area (Å²) in [6.07, 6.45) is 0. The van der Waals surface area contributed by atoms with Gasteiger partial charge in [0.2, 0.25) is 5.91 Å². The van der Waals surface area contributed by atoms with Crippen LogP contribution in [0.15, 0.2) is 4.99 Å². The lowest BCUT2D eigenvalue weighted by Gasteiger charge is -2.38. The number of aliphatic imine (C=N–C) groups is 1. The quantitative estimate of drug-likeness (QED) is 0.371. The van der Waals surface area contributed by atoms with Crippen molar-refractivity contribution < 1.29 is 4.79 Å². The van der Waals surface area contributed by atoms with Crippen LogP contribution in [0.25, 0.3) is 0 Å². The van der Waals surface area contributed by atoms with Gasteiger partial charge in [0.1, 0.15) is 0 Å². The van der Waals surface area contributed by atoms with Gasteiger partial charge in [-0.2, -0.15) is 0 Å². The number of likely N-dealkylation sites (N-methyl/N-ethyl adjacent to an activating group) is 2. The number of amides is 1. The Kier molecular flexibility index (Phi) is 9.28. The van der Waals surface area contributed by atoms with Gasteiger partial charge in [-0.15, -0.1) is 24.0 Å². The molecule has 2 rings (SSSR count). The van der Waals surface area contributed by atoms with Gasteiger partial charge in [-0.05, 0) is 21.0 Å². The van der Waals surface area contributed by atoms with Crippen LogP contribution in [0.1, 0.15) is 13.8 Å². The monoisotopic (exact) mass is 452 g/mol. The molecule has 0 radical (unpaired) electrons. The van der Waals surface area contributed by atoms with Crippen LogP contribution in [-0.4, -0.2) is 111 Å². The van der Waals surface area contributed by atoms with Crippen LogP contribution < -0.4 is 5.32 Å². The molecule has 0 aromatic heterocycles. The standard InChI is InChI=1S/C16H32N6O.HI/c1-5-17-16(22-10-8-21(9-11-22)14(2)23)18-12-15-13-19(3)6-7-20(15)4;/h15H,5-13H2,1-4H3,(H,17,18);1H. The van der Waals surface area contributed by atoms with E-state index >= 15 is 0 Å². The van der Waals surface area contributed by atoms with Crippen molar-refractivity contribution in [3.05, 3.63) is 0 Å². The van der Waals surface area contributed by atoms with E-state index in [0.717, 1.165) is 64.9 Å². The number of rotatable bonds is 3. The first-order chi connectivity index (χ1) is 11.0. The van der Waals surface area contributed by atoms with E-state index in [1.807, 2.05) is 4.90 Å². The van der Waals surface area contributed by atoms with Crippen molar-refractivity contribution in [1.82, 2.24) is 24.9 Å². The second kappa shape index (κ2) is 10.4. The molecule has 0 aromatic rings. The van der Waals surface area contributed by atoms with E-state index in [1.165, 1.54) is 0 Å². The fourth-order valence-electron chi connectivity index (χ4n) is 3.15. The lowest BCUT2D eigenvalue weighted by atomic mass is 10.2. The molecule has 140 valence electrons. The van der Waals surface area contributed by atoms with E-state index in [0.29, 0.717) is 6.04 Å². The number of nitrogens with one attached hydrogen (secondary N) is 1. The van der Waals surface area contributed by atoms with Gasteiger partial charge in [0.15, 0.2) is 5.96 Å². The highest BCUT2D eigenvalue weighted by Gasteiger charge is 2.24. The third-order valence-electron chi connectivity index (χ3n) is 4.79. The maximum absolute atomic E-state index is 11.5. The van der Waals surface area contributed by atoms with Crippen molar-refractivity contribution in [3.63, 3.8) is 0 Å². The first-order valence-corrected chi connectivity index (χ1v) is 8.68. The Labute approximate surface area is 163 Å². The van der Waals surface area contributed by atoms with E-state index in [2.05, 4.69) is 41.0 Å². The molecule has 0 bridgehead atoms. The van der Waals surface area contributed by atoms with Crippen molar-refractivity contribution in [2.45, 2.75) is 19.9 Å². The Morgan fingerprint density at radius 1 is 1.08 bits per heavy atom. The fraction of sp³-hybridized carbons (Fsp3) is 0.875. The summed E-state index contributed by atoms with van der Waals surface area (Å²) >= 11 is 0. The minimum Gasteiger partial charge on any atom is -0.357 e. The molecule has 8 heteroatoms. The Morgan fingerprint density at radius 2 is 1.71 bits per heavy atom. The van der Waals surface area contributed by atoms with Gasteiger partial charge in [-0.25, -0.2) is 0 Å². The van der Waals surface area contributed by atoms with Crippen LogP contribution in [-0.2, 0) is 4.79 Å². The molecule has 2 saturated heterocycles. The zero-order chi connectivity index (χ0) is 16.8. The molecular formula is C16H33IN6O. The summed E-state index contributed by atoms with van der Waals surface area (Å²) in [7, 11) is 4.36. The largest absolute Gasteiger partial charge is 0.357 e. The van der Waals surface area contributed by atoms with Crippen LogP contribution in [0, 0.1) is 0 Å². The molecular weight excluding hydrogens is 419 g/mol. The molecule has 0 spiro atoms. The zero-order valence-electron chi connectivity index (χ0n) is 15.5. The van der Waals surface area contributed by atoms with Gasteiger partial charge in [0.05, 0.1) is 6.54 Å². The highest BCUT2D eigenvalue weighted by molar-refractivity contribution is 14.0. The van der Waals surface area contributed by atoms with Crippen molar-refractivity contribution >= 4 is 35.8 Å². The lowest BCUT2D eigenvalue weighted by molar-refractivity contribution is -0.130. The summed E-state index contributed by atoms with van der Waals surface area (Å²) in [5.74, 6) is 1.15. The van der Waals surface area contributed by atoms with Crippen molar-refractivity contribution in [2.24, 2.45) is 4.99 Å². The molecule has 2 heterocycles. The molecule has 2 aliphatic heterocycles. The van der Waals surface area contributed by atoms with Gasteiger partial charge >= 0.3 is 0 Å². The predicted molar refractivity (Wildman–Crippen MR) is 109 cm³/mol. The van der Waals surface area contributed by atoms with E-state index in [1.54, 1.807) is 6.92 Å². The minimum atomic E-state index is 0. The molecule has 1 unspecified atom stereocenters. The highest BCUT2D eigenvalue weighted by Crippen LogP contribution is 2.08. The fourth-order valence-corrected chi connectivity index (χ4v) is 3.15. The highest BCUT2D eigenvalue weighted by atomic mass is 127. The number of carbonyl (C=O) groups is 1. The number of guanidine groups is 1. The smallest absolute Gasteiger partial charge is 0.219 e. The van der Waals surface area contributed by atoms with Gasteiger partial charge in [-0.1, -0.05) is 0 Å². The maximum Gasteiger partial charge on any atom is 0.219 e. The van der Waals surface area contributed by atoms with Crippen LogP contribution >= 0.6 is 24.0 Å². The SMILES string of the molecule is CCNC(=NCC1CN(C)CCN1C)N1CCN(C(C)=O)CC1.I. The molecule has 7 nitrogen and oxygen atoms in total. The topological polar surface area (TPSA) is 54.4 Å². The number of hydrogen-bond acceptors (Lipinski definition) is 4. The molecule has 1 amide bonds. The first-order valence-electron chi connectivity index (χ1n) is 8.68. The Balaban J connectivity index is 0.00000288. The average Bonchev–Trinajstić information content (AvgIpc) is 2.54. The molecule has 0 saturated carbocycles. The van der Waals surface area contributed by atoms with Gasteiger partial charge < -0.3 is 20.0 Å². The number of nitrogens with zero attached hydrogens (tertiary/aromatic N) is 5. The van der Waals surface area contributed by atoms with E-state index in [9.17, 15) is 4.79 Å². The third kappa shape index (κ3) is 6.03. The molecule has 1 N–H and O–H groups in total. The summed E-state index contributed by atoms with van der Waals surface area (Å²) < 4.78 is 0. The van der Waals surface area contributed by atoms with E-state index in [4.69, 9.17) is 4.99 Å². The Hall–Kier alpha value is -0.610. The first kappa shape index (κ1) is 21.4. The Bertz CT molecular complexity index is 425. The number of carbonyl (C=O) groups excluding carboxylic acids is 1. The van der Waals surface area contributed by atoms with Gasteiger partial charge in [0.25, 0.3) is 0 Å². The minimum absolute atomic E-state index is 0. The van der Waals surface area contributed by atoms with Crippen LogP contribution in [0.4, 0.5) is 0 Å². The summed E-state index contributed by atoms with van der Waals surface area (Å²) in [5, 5.41) is 3.40. The van der Waals surface area contributed by atoms with E-state index in [-0.39, 0.29) is 29.9 Å². The second-order valence-corrected chi connectivity index (χ2v) is 6.58. The van der Waals surface area contributed by atoms with E-state index < -0.39 is 0 Å². The lowest BCUT2D eigenvalue weighted by Crippen LogP contribution is -2.54. The third-order valence-corrected chi connectivity index (χ3v) is 4.79. The van der Waals surface area contributed by atoms with Crippen LogP contribution in [0.3, 0.4) is 0 Å². The molecule has 0 aromatic carbocycles. The van der Waals surface area contributed by atoms with Gasteiger partial charge in [0, 0.05) is 65.3 Å². The normalized spacial score (nSPS) is 23.8. The number of hydrogen-bond donors (Lipinski definition) is 1.